The van der Waals surface area contributed by atoms with Crippen LogP contribution in [0.15, 0.2) is 0 Å². The molecule has 0 fully saturated rings. The van der Waals surface area contributed by atoms with Crippen LogP contribution in [-0.2, 0) is 0 Å². The third-order valence-electron chi connectivity index (χ3n) is 0.846. The molecule has 0 spiro atoms. The molecular formula is C5H3F3N2. The Bertz CT molecular complexity index is 183. The molecule has 0 amide bonds. The summed E-state index contributed by atoms with van der Waals surface area (Å²) in [7, 11) is 0. The summed E-state index contributed by atoms with van der Waals surface area (Å²) in [4.78, 5) is 0. The average molecular weight is 148 g/mol. The number of nitriles is 2. The molecule has 5 heteroatoms. The minimum Gasteiger partial charge on any atom is -0.198 e. The highest BCUT2D eigenvalue weighted by Gasteiger charge is 2.39. The number of hydrogen-bond donors (Lipinski definition) is 0. The fourth-order valence-corrected chi connectivity index (χ4v) is 0.326. The van der Waals surface area contributed by atoms with E-state index in [1.807, 2.05) is 0 Å². The van der Waals surface area contributed by atoms with Gasteiger partial charge in [0.15, 0.2) is 5.92 Å². The normalized spacial score (nSPS) is 13.3. The van der Waals surface area contributed by atoms with Crippen LogP contribution in [0, 0.1) is 28.6 Å². The number of nitrogens with zero attached hydrogens (tertiary/aromatic N) is 2. The van der Waals surface area contributed by atoms with Crippen molar-refractivity contribution in [2.75, 3.05) is 0 Å². The molecule has 54 valence electrons. The molecule has 10 heavy (non-hydrogen) atoms. The third-order valence-corrected chi connectivity index (χ3v) is 0.846. The maximum absolute atomic E-state index is 11.5. The Morgan fingerprint density at radius 1 is 1.30 bits per heavy atom. The molecule has 0 N–H and O–H groups in total. The number of alkyl halides is 3. The molecule has 2 nitrogen and oxygen atoms in total. The molecule has 0 saturated carbocycles. The molecule has 0 rings (SSSR count). The van der Waals surface area contributed by atoms with Crippen molar-refractivity contribution in [2.24, 2.45) is 5.92 Å². The Morgan fingerprint density at radius 2 is 1.80 bits per heavy atom. The molecular weight excluding hydrogens is 145 g/mol. The Morgan fingerprint density at radius 3 is 1.90 bits per heavy atom. The van der Waals surface area contributed by atoms with Crippen molar-refractivity contribution >= 4 is 0 Å². The lowest BCUT2D eigenvalue weighted by atomic mass is 10.1. The van der Waals surface area contributed by atoms with Gasteiger partial charge in [-0.3, -0.25) is 0 Å². The van der Waals surface area contributed by atoms with Gasteiger partial charge >= 0.3 is 6.18 Å². The first kappa shape index (κ1) is 8.77. The van der Waals surface area contributed by atoms with Crippen LogP contribution in [0.1, 0.15) is 6.42 Å². The summed E-state index contributed by atoms with van der Waals surface area (Å²) in [5.41, 5.74) is 0. The highest BCUT2D eigenvalue weighted by molar-refractivity contribution is 4.94. The number of hydrogen-bond acceptors (Lipinski definition) is 2. The molecule has 0 saturated heterocycles. The van der Waals surface area contributed by atoms with Crippen LogP contribution in [0.4, 0.5) is 13.2 Å². The molecule has 1 atom stereocenters. The van der Waals surface area contributed by atoms with Crippen molar-refractivity contribution in [3.05, 3.63) is 0 Å². The van der Waals surface area contributed by atoms with Crippen LogP contribution in [0.5, 0.6) is 0 Å². The molecule has 0 aromatic heterocycles. The zero-order valence-electron chi connectivity index (χ0n) is 4.81. The fourth-order valence-electron chi connectivity index (χ4n) is 0.326. The van der Waals surface area contributed by atoms with E-state index in [0.29, 0.717) is 0 Å². The summed E-state index contributed by atoms with van der Waals surface area (Å²) >= 11 is 0. The summed E-state index contributed by atoms with van der Waals surface area (Å²) < 4.78 is 34.6. The molecule has 0 bridgehead atoms. The van der Waals surface area contributed by atoms with Crippen molar-refractivity contribution in [3.63, 3.8) is 0 Å². The van der Waals surface area contributed by atoms with Crippen LogP contribution in [0.3, 0.4) is 0 Å². The van der Waals surface area contributed by atoms with E-state index in [9.17, 15) is 13.2 Å². The fraction of sp³-hybridized carbons (Fsp3) is 0.600. The highest BCUT2D eigenvalue weighted by Crippen LogP contribution is 2.27. The number of rotatable bonds is 1. The van der Waals surface area contributed by atoms with Crippen LogP contribution in [0.25, 0.3) is 0 Å². The monoisotopic (exact) mass is 148 g/mol. The van der Waals surface area contributed by atoms with Gasteiger partial charge in [-0.15, -0.1) is 0 Å². The lowest BCUT2D eigenvalue weighted by Crippen LogP contribution is -2.20. The van der Waals surface area contributed by atoms with Crippen molar-refractivity contribution in [1.29, 1.82) is 10.5 Å². The van der Waals surface area contributed by atoms with E-state index < -0.39 is 18.5 Å². The van der Waals surface area contributed by atoms with Crippen molar-refractivity contribution in [2.45, 2.75) is 12.6 Å². The van der Waals surface area contributed by atoms with E-state index >= 15 is 0 Å². The topological polar surface area (TPSA) is 47.6 Å². The van der Waals surface area contributed by atoms with Gasteiger partial charge in [0, 0.05) is 0 Å². The van der Waals surface area contributed by atoms with Gasteiger partial charge in [0.05, 0.1) is 18.6 Å². The van der Waals surface area contributed by atoms with Crippen molar-refractivity contribution in [1.82, 2.24) is 0 Å². The second kappa shape index (κ2) is 3.07. The molecule has 0 aliphatic rings. The maximum atomic E-state index is 11.5. The second-order valence-electron chi connectivity index (χ2n) is 1.59. The Labute approximate surface area is 55.5 Å². The summed E-state index contributed by atoms with van der Waals surface area (Å²) in [6, 6.07) is 2.28. The molecule has 0 radical (unpaired) electrons. The molecule has 0 aliphatic heterocycles. The minimum absolute atomic E-state index is 0.792. The minimum atomic E-state index is -4.56. The molecule has 0 aromatic rings. The van der Waals surface area contributed by atoms with Gasteiger partial charge in [-0.05, 0) is 0 Å². The van der Waals surface area contributed by atoms with Crippen LogP contribution in [0.2, 0.25) is 0 Å². The summed E-state index contributed by atoms with van der Waals surface area (Å²) in [6.45, 7) is 0. The van der Waals surface area contributed by atoms with Crippen LogP contribution < -0.4 is 0 Å². The van der Waals surface area contributed by atoms with Gasteiger partial charge in [0.25, 0.3) is 0 Å². The predicted molar refractivity (Wildman–Crippen MR) is 25.4 cm³/mol. The standard InChI is InChI=1S/C5H3F3N2/c6-5(7,8)4(3-10)1-2-9/h4H,1H2. The molecule has 0 aliphatic carbocycles. The van der Waals surface area contributed by atoms with Gasteiger partial charge in [-0.25, -0.2) is 0 Å². The first-order valence-corrected chi connectivity index (χ1v) is 2.35. The van der Waals surface area contributed by atoms with E-state index in [1.54, 1.807) is 0 Å². The Balaban J connectivity index is 4.14. The molecule has 1 unspecified atom stereocenters. The summed E-state index contributed by atoms with van der Waals surface area (Å²) in [5.74, 6) is -2.14. The van der Waals surface area contributed by atoms with Crippen LogP contribution >= 0.6 is 0 Å². The zero-order chi connectivity index (χ0) is 8.20. The van der Waals surface area contributed by atoms with Crippen molar-refractivity contribution < 1.29 is 13.2 Å². The first-order valence-electron chi connectivity index (χ1n) is 2.35. The van der Waals surface area contributed by atoms with Gasteiger partial charge in [-0.2, -0.15) is 23.7 Å². The number of halogens is 3. The summed E-state index contributed by atoms with van der Waals surface area (Å²) in [6.07, 6.45) is -5.36. The van der Waals surface area contributed by atoms with Gasteiger partial charge in [0.2, 0.25) is 0 Å². The van der Waals surface area contributed by atoms with E-state index in [0.717, 1.165) is 6.07 Å². The molecule has 0 aromatic carbocycles. The SMILES string of the molecule is N#CCC(C#N)C(F)(F)F. The van der Waals surface area contributed by atoms with Gasteiger partial charge < -0.3 is 0 Å². The lowest BCUT2D eigenvalue weighted by molar-refractivity contribution is -0.157. The molecule has 0 heterocycles. The highest BCUT2D eigenvalue weighted by atomic mass is 19.4. The largest absolute Gasteiger partial charge is 0.405 e. The smallest absolute Gasteiger partial charge is 0.198 e. The average Bonchev–Trinajstić information content (AvgIpc) is 1.80. The van der Waals surface area contributed by atoms with E-state index in [4.69, 9.17) is 10.5 Å². The van der Waals surface area contributed by atoms with Crippen LogP contribution in [-0.4, -0.2) is 6.18 Å². The predicted octanol–water partition coefficient (Wildman–Crippen LogP) is 1.60. The summed E-state index contributed by atoms with van der Waals surface area (Å²) in [5, 5.41) is 15.7. The Kier molecular flexibility index (Phi) is 2.69. The van der Waals surface area contributed by atoms with Gasteiger partial charge in [-0.1, -0.05) is 0 Å². The lowest BCUT2D eigenvalue weighted by Gasteiger charge is -2.07. The van der Waals surface area contributed by atoms with E-state index in [-0.39, 0.29) is 0 Å². The maximum Gasteiger partial charge on any atom is 0.405 e. The van der Waals surface area contributed by atoms with Gasteiger partial charge in [0.1, 0.15) is 0 Å². The second-order valence-corrected chi connectivity index (χ2v) is 1.59. The first-order chi connectivity index (χ1) is 4.52. The third kappa shape index (κ3) is 2.36. The zero-order valence-corrected chi connectivity index (χ0v) is 4.81. The van der Waals surface area contributed by atoms with E-state index in [2.05, 4.69) is 0 Å². The Hall–Kier alpha value is -1.23. The van der Waals surface area contributed by atoms with E-state index in [1.165, 1.54) is 6.07 Å². The quantitative estimate of drug-likeness (QED) is 0.567. The van der Waals surface area contributed by atoms with Crippen molar-refractivity contribution in [3.8, 4) is 12.1 Å².